The van der Waals surface area contributed by atoms with Crippen LogP contribution in [0.25, 0.3) is 11.3 Å². The first-order chi connectivity index (χ1) is 16.9. The zero-order chi connectivity index (χ0) is 24.8. The van der Waals surface area contributed by atoms with Crippen molar-refractivity contribution in [1.29, 1.82) is 0 Å². The molecular weight excluding hydrogens is 466 g/mol. The van der Waals surface area contributed by atoms with Crippen molar-refractivity contribution in [3.63, 3.8) is 0 Å². The number of amides is 1. The van der Waals surface area contributed by atoms with Crippen LogP contribution < -0.4 is 5.43 Å². The molecule has 0 aliphatic heterocycles. The standard InChI is InChI=1S/C27H22ClN3O4/c1-18-7-5-6-10-20(18)15-24(19-8-3-2-4-9-19)27(32)30-29-17-22-12-14-26(35-22)23-13-11-21(31(33)34)16-25(23)28/h2-14,16-17,24H,15H2,1H3,(H,30,32). The molecule has 0 radical (unpaired) electrons. The molecule has 0 aliphatic rings. The van der Waals surface area contributed by atoms with Crippen LogP contribution in [0.3, 0.4) is 0 Å². The van der Waals surface area contributed by atoms with Crippen LogP contribution in [0.4, 0.5) is 5.69 Å². The van der Waals surface area contributed by atoms with Gasteiger partial charge in [-0.05, 0) is 48.2 Å². The number of aryl methyl sites for hydroxylation is 1. The van der Waals surface area contributed by atoms with Crippen molar-refractivity contribution in [2.75, 3.05) is 0 Å². The highest BCUT2D eigenvalue weighted by atomic mass is 35.5. The fraction of sp³-hybridized carbons (Fsp3) is 0.111. The summed E-state index contributed by atoms with van der Waals surface area (Å²) in [5.74, 6) is 0.172. The van der Waals surface area contributed by atoms with Crippen molar-refractivity contribution < 1.29 is 14.1 Å². The van der Waals surface area contributed by atoms with E-state index in [2.05, 4.69) is 10.5 Å². The Balaban J connectivity index is 1.48. The molecule has 35 heavy (non-hydrogen) atoms. The summed E-state index contributed by atoms with van der Waals surface area (Å²) in [7, 11) is 0. The van der Waals surface area contributed by atoms with E-state index in [1.54, 1.807) is 12.1 Å². The van der Waals surface area contributed by atoms with E-state index in [1.165, 1.54) is 24.4 Å². The Hall–Kier alpha value is -4.23. The Bertz CT molecular complexity index is 1380. The van der Waals surface area contributed by atoms with Gasteiger partial charge in [0.2, 0.25) is 5.91 Å². The van der Waals surface area contributed by atoms with Gasteiger partial charge in [0.25, 0.3) is 5.69 Å². The molecule has 4 rings (SSSR count). The number of hydrogen-bond acceptors (Lipinski definition) is 5. The van der Waals surface area contributed by atoms with Crippen molar-refractivity contribution in [3.05, 3.63) is 123 Å². The fourth-order valence-corrected chi connectivity index (χ4v) is 4.00. The van der Waals surface area contributed by atoms with Crippen LogP contribution in [0.2, 0.25) is 5.02 Å². The fourth-order valence-electron chi connectivity index (χ4n) is 3.73. The van der Waals surface area contributed by atoms with Gasteiger partial charge >= 0.3 is 0 Å². The van der Waals surface area contributed by atoms with Crippen molar-refractivity contribution in [2.45, 2.75) is 19.3 Å². The van der Waals surface area contributed by atoms with Crippen molar-refractivity contribution in [1.82, 2.24) is 5.43 Å². The van der Waals surface area contributed by atoms with Gasteiger partial charge in [0.1, 0.15) is 11.5 Å². The number of non-ortho nitro benzene ring substituents is 1. The molecule has 1 heterocycles. The first-order valence-corrected chi connectivity index (χ1v) is 11.3. The number of furan rings is 1. The highest BCUT2D eigenvalue weighted by molar-refractivity contribution is 6.33. The normalized spacial score (nSPS) is 11.9. The second-order valence-corrected chi connectivity index (χ2v) is 8.36. The summed E-state index contributed by atoms with van der Waals surface area (Å²) in [6.07, 6.45) is 1.94. The molecule has 3 aromatic carbocycles. The van der Waals surface area contributed by atoms with Crippen molar-refractivity contribution >= 4 is 29.4 Å². The average Bonchev–Trinajstić information content (AvgIpc) is 3.32. The number of hydrogen-bond donors (Lipinski definition) is 1. The second kappa shape index (κ2) is 10.8. The largest absolute Gasteiger partial charge is 0.455 e. The monoisotopic (exact) mass is 487 g/mol. The lowest BCUT2D eigenvalue weighted by atomic mass is 9.90. The minimum absolute atomic E-state index is 0.103. The Morgan fingerprint density at radius 1 is 1.09 bits per heavy atom. The predicted molar refractivity (Wildman–Crippen MR) is 136 cm³/mol. The zero-order valence-electron chi connectivity index (χ0n) is 18.9. The van der Waals surface area contributed by atoms with Crippen molar-refractivity contribution in [2.24, 2.45) is 5.10 Å². The maximum atomic E-state index is 13.1. The number of benzene rings is 3. The Kier molecular flexibility index (Phi) is 7.38. The number of rotatable bonds is 8. The molecule has 0 bridgehead atoms. The lowest BCUT2D eigenvalue weighted by Gasteiger charge is -2.17. The minimum atomic E-state index is -0.514. The van der Waals surface area contributed by atoms with Gasteiger partial charge in [-0.3, -0.25) is 14.9 Å². The van der Waals surface area contributed by atoms with E-state index >= 15 is 0 Å². The van der Waals surface area contributed by atoms with E-state index in [0.29, 0.717) is 23.5 Å². The third kappa shape index (κ3) is 5.83. The molecule has 7 nitrogen and oxygen atoms in total. The molecule has 1 atom stereocenters. The van der Waals surface area contributed by atoms with Crippen LogP contribution in [-0.4, -0.2) is 17.0 Å². The smallest absolute Gasteiger partial charge is 0.270 e. The molecular formula is C27H22ClN3O4. The molecule has 1 N–H and O–H groups in total. The summed E-state index contributed by atoms with van der Waals surface area (Å²) in [6, 6.07) is 25.1. The van der Waals surface area contributed by atoms with Gasteiger partial charge in [-0.25, -0.2) is 5.43 Å². The zero-order valence-corrected chi connectivity index (χ0v) is 19.6. The summed E-state index contributed by atoms with van der Waals surface area (Å²) in [5, 5.41) is 15.2. The molecule has 0 fully saturated rings. The van der Waals surface area contributed by atoms with Gasteiger partial charge in [0.15, 0.2) is 0 Å². The van der Waals surface area contributed by atoms with Crippen LogP contribution in [0.15, 0.2) is 94.4 Å². The summed E-state index contributed by atoms with van der Waals surface area (Å²) in [4.78, 5) is 23.5. The molecule has 1 amide bonds. The topological polar surface area (TPSA) is 97.7 Å². The maximum absolute atomic E-state index is 13.1. The third-order valence-electron chi connectivity index (χ3n) is 5.63. The number of nitro groups is 1. The van der Waals surface area contributed by atoms with E-state index in [0.717, 1.165) is 16.7 Å². The lowest BCUT2D eigenvalue weighted by molar-refractivity contribution is -0.384. The van der Waals surface area contributed by atoms with Crippen LogP contribution in [-0.2, 0) is 11.2 Å². The minimum Gasteiger partial charge on any atom is -0.455 e. The molecule has 0 spiro atoms. The summed E-state index contributed by atoms with van der Waals surface area (Å²) < 4.78 is 5.73. The maximum Gasteiger partial charge on any atom is 0.270 e. The molecule has 1 aromatic heterocycles. The van der Waals surface area contributed by atoms with Crippen LogP contribution >= 0.6 is 11.6 Å². The number of carbonyl (C=O) groups excluding carboxylic acids is 1. The number of nitro benzene ring substituents is 1. The van der Waals surface area contributed by atoms with Crippen molar-refractivity contribution in [3.8, 4) is 11.3 Å². The van der Waals surface area contributed by atoms with E-state index in [4.69, 9.17) is 16.0 Å². The van der Waals surface area contributed by atoms with E-state index in [-0.39, 0.29) is 16.6 Å². The van der Waals surface area contributed by atoms with Crippen LogP contribution in [0.5, 0.6) is 0 Å². The second-order valence-electron chi connectivity index (χ2n) is 7.95. The Morgan fingerprint density at radius 2 is 1.83 bits per heavy atom. The highest BCUT2D eigenvalue weighted by Crippen LogP contribution is 2.32. The molecule has 1 unspecified atom stereocenters. The van der Waals surface area contributed by atoms with Gasteiger partial charge in [-0.15, -0.1) is 0 Å². The summed E-state index contributed by atoms with van der Waals surface area (Å²) in [6.45, 7) is 2.03. The van der Waals surface area contributed by atoms with Crippen LogP contribution in [0.1, 0.15) is 28.4 Å². The first-order valence-electron chi connectivity index (χ1n) is 10.9. The molecule has 0 saturated carbocycles. The van der Waals surface area contributed by atoms with Crippen LogP contribution in [0, 0.1) is 17.0 Å². The van der Waals surface area contributed by atoms with E-state index in [9.17, 15) is 14.9 Å². The number of carbonyl (C=O) groups is 1. The number of nitrogens with zero attached hydrogens (tertiary/aromatic N) is 2. The summed E-state index contributed by atoms with van der Waals surface area (Å²) >= 11 is 6.18. The van der Waals surface area contributed by atoms with Gasteiger partial charge in [-0.1, -0.05) is 66.2 Å². The van der Waals surface area contributed by atoms with Gasteiger partial charge in [-0.2, -0.15) is 5.10 Å². The number of nitrogens with one attached hydrogen (secondary N) is 1. The Morgan fingerprint density at radius 3 is 2.54 bits per heavy atom. The number of halogens is 1. The highest BCUT2D eigenvalue weighted by Gasteiger charge is 2.21. The van der Waals surface area contributed by atoms with Gasteiger partial charge in [0.05, 0.1) is 22.1 Å². The molecule has 0 saturated heterocycles. The third-order valence-corrected chi connectivity index (χ3v) is 5.94. The SMILES string of the molecule is Cc1ccccc1CC(C(=O)NN=Cc1ccc(-c2ccc([N+](=O)[O-])cc2Cl)o1)c1ccccc1. The van der Waals surface area contributed by atoms with Gasteiger partial charge < -0.3 is 4.42 Å². The van der Waals surface area contributed by atoms with Gasteiger partial charge in [0, 0.05) is 17.7 Å². The molecule has 0 aliphatic carbocycles. The summed E-state index contributed by atoms with van der Waals surface area (Å²) in [5.41, 5.74) is 6.15. The average molecular weight is 488 g/mol. The molecule has 8 heteroatoms. The first kappa shape index (κ1) is 23.9. The Labute approximate surface area is 207 Å². The molecule has 4 aromatic rings. The van der Waals surface area contributed by atoms with E-state index in [1.807, 2.05) is 61.5 Å². The molecule has 176 valence electrons. The predicted octanol–water partition coefficient (Wildman–Crippen LogP) is 6.29. The lowest BCUT2D eigenvalue weighted by Crippen LogP contribution is -2.27. The number of hydrazone groups is 1. The quantitative estimate of drug-likeness (QED) is 0.179. The van der Waals surface area contributed by atoms with E-state index < -0.39 is 10.8 Å².